The van der Waals surface area contributed by atoms with Crippen LogP contribution >= 0.6 is 23.2 Å². The molecule has 0 spiro atoms. The van der Waals surface area contributed by atoms with Crippen molar-refractivity contribution in [1.29, 1.82) is 0 Å². The summed E-state index contributed by atoms with van der Waals surface area (Å²) in [6, 6.07) is 5.12. The van der Waals surface area contributed by atoms with Crippen LogP contribution in [0.5, 0.6) is 0 Å². The number of ketones is 1. The molecule has 0 fully saturated rings. The van der Waals surface area contributed by atoms with E-state index in [1.165, 1.54) is 0 Å². The number of carbonyl (C=O) groups is 1. The Morgan fingerprint density at radius 2 is 2.12 bits per heavy atom. The average molecular weight is 261 g/mol. The predicted octanol–water partition coefficient (Wildman–Crippen LogP) is 3.53. The van der Waals surface area contributed by atoms with Gasteiger partial charge in [0.05, 0.1) is 0 Å². The largest absolute Gasteiger partial charge is 0.371 e. The third-order valence-electron chi connectivity index (χ3n) is 2.25. The van der Waals surface area contributed by atoms with Crippen LogP contribution in [0, 0.1) is 0 Å². The van der Waals surface area contributed by atoms with Gasteiger partial charge in [0.1, 0.15) is 6.10 Å². The zero-order valence-electron chi connectivity index (χ0n) is 9.30. The summed E-state index contributed by atoms with van der Waals surface area (Å²) in [7, 11) is 0. The molecule has 0 amide bonds. The molecule has 0 aromatic heterocycles. The molecule has 0 N–H and O–H groups in total. The summed E-state index contributed by atoms with van der Waals surface area (Å²) in [6.07, 6.45) is -0.117. The third-order valence-corrected chi connectivity index (χ3v) is 2.84. The Hall–Kier alpha value is -0.570. The first-order valence-corrected chi connectivity index (χ1v) is 5.88. The van der Waals surface area contributed by atoms with Gasteiger partial charge in [-0.05, 0) is 31.5 Å². The van der Waals surface area contributed by atoms with Gasteiger partial charge in [0.2, 0.25) is 0 Å². The van der Waals surface area contributed by atoms with Crippen molar-refractivity contribution in [3.8, 4) is 0 Å². The average Bonchev–Trinajstić information content (AvgIpc) is 2.22. The minimum atomic E-state index is -0.392. The van der Waals surface area contributed by atoms with E-state index >= 15 is 0 Å². The first-order chi connectivity index (χ1) is 7.54. The molecule has 1 aromatic carbocycles. The lowest BCUT2D eigenvalue weighted by Crippen LogP contribution is -2.22. The van der Waals surface area contributed by atoms with Crippen LogP contribution in [0.1, 0.15) is 19.4 Å². The van der Waals surface area contributed by atoms with E-state index in [9.17, 15) is 4.79 Å². The molecule has 16 heavy (non-hydrogen) atoms. The van der Waals surface area contributed by atoms with Crippen LogP contribution in [0.25, 0.3) is 0 Å². The number of hydrogen-bond donors (Lipinski definition) is 0. The highest BCUT2D eigenvalue weighted by Gasteiger charge is 2.14. The first-order valence-electron chi connectivity index (χ1n) is 5.12. The van der Waals surface area contributed by atoms with Crippen molar-refractivity contribution >= 4 is 29.0 Å². The van der Waals surface area contributed by atoms with Crippen molar-refractivity contribution in [2.24, 2.45) is 0 Å². The summed E-state index contributed by atoms with van der Waals surface area (Å²) in [5.41, 5.74) is 0.780. The van der Waals surface area contributed by atoms with E-state index in [0.29, 0.717) is 16.7 Å². The topological polar surface area (TPSA) is 26.3 Å². The highest BCUT2D eigenvalue weighted by Crippen LogP contribution is 2.21. The Labute approximate surface area is 106 Å². The van der Waals surface area contributed by atoms with Gasteiger partial charge in [0.25, 0.3) is 0 Å². The molecule has 1 rings (SSSR count). The maximum atomic E-state index is 11.7. The van der Waals surface area contributed by atoms with Crippen molar-refractivity contribution in [3.05, 3.63) is 33.8 Å². The molecule has 0 aliphatic heterocycles. The molecule has 88 valence electrons. The van der Waals surface area contributed by atoms with Crippen LogP contribution in [-0.4, -0.2) is 18.5 Å². The minimum Gasteiger partial charge on any atom is -0.371 e. The molecule has 0 aliphatic carbocycles. The highest BCUT2D eigenvalue weighted by molar-refractivity contribution is 6.35. The molecule has 0 aliphatic rings. The van der Waals surface area contributed by atoms with Gasteiger partial charge in [0, 0.05) is 23.1 Å². The van der Waals surface area contributed by atoms with Crippen LogP contribution in [0.15, 0.2) is 18.2 Å². The summed E-state index contributed by atoms with van der Waals surface area (Å²) in [4.78, 5) is 11.7. The zero-order valence-corrected chi connectivity index (χ0v) is 10.8. The smallest absolute Gasteiger partial charge is 0.165 e. The van der Waals surface area contributed by atoms with Gasteiger partial charge in [-0.25, -0.2) is 0 Å². The van der Waals surface area contributed by atoms with Gasteiger partial charge < -0.3 is 4.74 Å². The molecule has 1 unspecified atom stereocenters. The van der Waals surface area contributed by atoms with Crippen LogP contribution in [0.2, 0.25) is 10.0 Å². The predicted molar refractivity (Wildman–Crippen MR) is 66.3 cm³/mol. The fourth-order valence-corrected chi connectivity index (χ4v) is 1.81. The second-order valence-electron chi connectivity index (χ2n) is 3.48. The summed E-state index contributed by atoms with van der Waals surface area (Å²) in [5.74, 6) is 0.0195. The molecule has 1 aromatic rings. The van der Waals surface area contributed by atoms with E-state index in [0.717, 1.165) is 5.56 Å². The van der Waals surface area contributed by atoms with Crippen molar-refractivity contribution in [2.75, 3.05) is 6.61 Å². The summed E-state index contributed by atoms with van der Waals surface area (Å²) in [5, 5.41) is 1.09. The first kappa shape index (κ1) is 13.5. The minimum absolute atomic E-state index is 0.0195. The highest BCUT2D eigenvalue weighted by atomic mass is 35.5. The number of ether oxygens (including phenoxy) is 1. The molecule has 2 nitrogen and oxygen atoms in total. The Morgan fingerprint density at radius 1 is 1.44 bits per heavy atom. The molecule has 0 bridgehead atoms. The second-order valence-corrected chi connectivity index (χ2v) is 4.32. The molecule has 4 heteroatoms. The van der Waals surface area contributed by atoms with E-state index in [1.807, 2.05) is 6.92 Å². The van der Waals surface area contributed by atoms with Gasteiger partial charge in [0.15, 0.2) is 5.78 Å². The molecule has 0 saturated heterocycles. The van der Waals surface area contributed by atoms with Crippen molar-refractivity contribution in [3.63, 3.8) is 0 Å². The normalized spacial score (nSPS) is 12.5. The maximum absolute atomic E-state index is 11.7. The second kappa shape index (κ2) is 6.24. The van der Waals surface area contributed by atoms with Crippen molar-refractivity contribution in [1.82, 2.24) is 0 Å². The van der Waals surface area contributed by atoms with Gasteiger partial charge in [-0.15, -0.1) is 0 Å². The summed E-state index contributed by atoms with van der Waals surface area (Å²) in [6.45, 7) is 4.13. The molecule has 0 radical (unpaired) electrons. The van der Waals surface area contributed by atoms with E-state index in [-0.39, 0.29) is 12.2 Å². The van der Waals surface area contributed by atoms with E-state index < -0.39 is 6.10 Å². The van der Waals surface area contributed by atoms with Crippen LogP contribution in [0.3, 0.4) is 0 Å². The summed E-state index contributed by atoms with van der Waals surface area (Å²) >= 11 is 11.7. The van der Waals surface area contributed by atoms with Crippen LogP contribution in [0.4, 0.5) is 0 Å². The standard InChI is InChI=1S/C12H14Cl2O2/c1-3-16-8(2)12(15)6-9-4-5-10(13)7-11(9)14/h4-5,7-8H,3,6H2,1-2H3. The lowest BCUT2D eigenvalue weighted by Gasteiger charge is -2.11. The fraction of sp³-hybridized carbons (Fsp3) is 0.417. The number of halogens is 2. The number of rotatable bonds is 5. The third kappa shape index (κ3) is 3.78. The van der Waals surface area contributed by atoms with E-state index in [2.05, 4.69) is 0 Å². The molecule has 0 saturated carbocycles. The fourth-order valence-electron chi connectivity index (χ4n) is 1.34. The molecular weight excluding hydrogens is 247 g/mol. The van der Waals surface area contributed by atoms with Crippen LogP contribution in [-0.2, 0) is 16.0 Å². The number of carbonyl (C=O) groups excluding carboxylic acids is 1. The van der Waals surface area contributed by atoms with Crippen molar-refractivity contribution in [2.45, 2.75) is 26.4 Å². The number of Topliss-reactive ketones (excluding diaryl/α,β-unsaturated/α-hetero) is 1. The number of hydrogen-bond acceptors (Lipinski definition) is 2. The maximum Gasteiger partial charge on any atom is 0.165 e. The van der Waals surface area contributed by atoms with E-state index in [4.69, 9.17) is 27.9 Å². The molecule has 0 heterocycles. The lowest BCUT2D eigenvalue weighted by molar-refractivity contribution is -0.128. The lowest BCUT2D eigenvalue weighted by atomic mass is 10.1. The van der Waals surface area contributed by atoms with Crippen LogP contribution < -0.4 is 0 Å². The Balaban J connectivity index is 2.69. The summed E-state index contributed by atoms with van der Waals surface area (Å²) < 4.78 is 5.22. The van der Waals surface area contributed by atoms with E-state index in [1.54, 1.807) is 25.1 Å². The van der Waals surface area contributed by atoms with Gasteiger partial charge in [-0.2, -0.15) is 0 Å². The van der Waals surface area contributed by atoms with Gasteiger partial charge >= 0.3 is 0 Å². The number of benzene rings is 1. The zero-order chi connectivity index (χ0) is 12.1. The SMILES string of the molecule is CCOC(C)C(=O)Cc1ccc(Cl)cc1Cl. The quantitative estimate of drug-likeness (QED) is 0.810. The van der Waals surface area contributed by atoms with Crippen molar-refractivity contribution < 1.29 is 9.53 Å². The Kier molecular flexibility index (Phi) is 5.26. The Bertz CT molecular complexity index is 377. The molecule has 1 atom stereocenters. The van der Waals surface area contributed by atoms with Gasteiger partial charge in [-0.1, -0.05) is 29.3 Å². The Morgan fingerprint density at radius 3 is 2.69 bits per heavy atom. The monoisotopic (exact) mass is 260 g/mol. The molecular formula is C12H14Cl2O2. The van der Waals surface area contributed by atoms with Gasteiger partial charge in [-0.3, -0.25) is 4.79 Å².